The van der Waals surface area contributed by atoms with Crippen LogP contribution >= 0.6 is 0 Å². The fraction of sp³-hybridized carbons (Fsp3) is 0.222. The van der Waals surface area contributed by atoms with Crippen LogP contribution in [0.1, 0.15) is 24.2 Å². The third kappa shape index (κ3) is 2.11. The van der Waals surface area contributed by atoms with E-state index in [1.807, 2.05) is 6.07 Å². The lowest BCUT2D eigenvalue weighted by Crippen LogP contribution is -2.32. The summed E-state index contributed by atoms with van der Waals surface area (Å²) in [6.07, 6.45) is 0.498. The second kappa shape index (κ2) is 5.56. The first kappa shape index (κ1) is 14.6. The van der Waals surface area contributed by atoms with Crippen molar-refractivity contribution in [3.63, 3.8) is 0 Å². The molecule has 0 unspecified atom stereocenters. The Morgan fingerprint density at radius 1 is 1.21 bits per heavy atom. The molecule has 1 aromatic carbocycles. The number of ether oxygens (including phenoxy) is 2. The van der Waals surface area contributed by atoms with Crippen LogP contribution in [0.15, 0.2) is 56.3 Å². The van der Waals surface area contributed by atoms with Gasteiger partial charge in [0.1, 0.15) is 23.0 Å². The van der Waals surface area contributed by atoms with Gasteiger partial charge in [-0.3, -0.25) is 0 Å². The second-order valence-corrected chi connectivity index (χ2v) is 5.41. The summed E-state index contributed by atoms with van der Waals surface area (Å²) in [4.78, 5) is 24.9. The average molecular weight is 326 g/mol. The molecule has 0 aliphatic carbocycles. The molecule has 0 fully saturated rings. The number of benzene rings is 1. The molecule has 1 aliphatic rings. The van der Waals surface area contributed by atoms with Gasteiger partial charge in [-0.25, -0.2) is 9.59 Å². The summed E-state index contributed by atoms with van der Waals surface area (Å²) in [7, 11) is 0. The summed E-state index contributed by atoms with van der Waals surface area (Å²) in [5.74, 6) is -0.441. The Morgan fingerprint density at radius 3 is 2.79 bits per heavy atom. The highest BCUT2D eigenvalue weighted by Crippen LogP contribution is 2.44. The van der Waals surface area contributed by atoms with Gasteiger partial charge >= 0.3 is 11.6 Å². The zero-order chi connectivity index (χ0) is 16.7. The van der Waals surface area contributed by atoms with E-state index in [4.69, 9.17) is 18.3 Å². The zero-order valence-electron chi connectivity index (χ0n) is 12.9. The molecule has 0 saturated carbocycles. The van der Waals surface area contributed by atoms with Crippen LogP contribution in [-0.4, -0.2) is 18.7 Å². The number of fused-ring (bicyclic) bond motifs is 3. The fourth-order valence-electron chi connectivity index (χ4n) is 3.05. The van der Waals surface area contributed by atoms with E-state index in [2.05, 4.69) is 0 Å². The van der Waals surface area contributed by atoms with Crippen molar-refractivity contribution < 1.29 is 23.1 Å². The van der Waals surface area contributed by atoms with Crippen LogP contribution in [0.3, 0.4) is 0 Å². The summed E-state index contributed by atoms with van der Waals surface area (Å²) in [6, 6.07) is 10.4. The van der Waals surface area contributed by atoms with E-state index in [0.717, 1.165) is 0 Å². The van der Waals surface area contributed by atoms with Crippen molar-refractivity contribution in [2.45, 2.75) is 18.9 Å². The first-order valence-corrected chi connectivity index (χ1v) is 7.63. The minimum Gasteiger partial charge on any atom is -0.476 e. The summed E-state index contributed by atoms with van der Waals surface area (Å²) < 4.78 is 21.8. The molecular weight excluding hydrogens is 312 g/mol. The summed E-state index contributed by atoms with van der Waals surface area (Å²) in [6.45, 7) is 1.93. The molecule has 0 N–H and O–H groups in total. The number of hydrogen-bond acceptors (Lipinski definition) is 6. The van der Waals surface area contributed by atoms with Crippen LogP contribution in [0, 0.1) is 0 Å². The lowest BCUT2D eigenvalue weighted by atomic mass is 9.93. The molecular formula is C18H14O6. The van der Waals surface area contributed by atoms with Gasteiger partial charge < -0.3 is 18.3 Å². The molecule has 2 aromatic heterocycles. The lowest BCUT2D eigenvalue weighted by molar-refractivity contribution is -0.151. The first-order chi connectivity index (χ1) is 11.7. The molecule has 6 nitrogen and oxygen atoms in total. The number of para-hydroxylation sites is 1. The second-order valence-electron chi connectivity index (χ2n) is 5.41. The maximum absolute atomic E-state index is 12.5. The van der Waals surface area contributed by atoms with Crippen LogP contribution in [0.5, 0.6) is 5.75 Å². The van der Waals surface area contributed by atoms with Crippen molar-refractivity contribution in [1.82, 2.24) is 0 Å². The Morgan fingerprint density at radius 2 is 2.04 bits per heavy atom. The number of carbonyl (C=O) groups is 1. The van der Waals surface area contributed by atoms with Crippen molar-refractivity contribution in [2.75, 3.05) is 6.61 Å². The molecule has 6 heteroatoms. The van der Waals surface area contributed by atoms with Gasteiger partial charge in [-0.05, 0) is 31.2 Å². The predicted molar refractivity (Wildman–Crippen MR) is 84.1 cm³/mol. The Balaban J connectivity index is 1.95. The van der Waals surface area contributed by atoms with Crippen LogP contribution in [-0.2, 0) is 9.53 Å². The van der Waals surface area contributed by atoms with Crippen LogP contribution in [0.25, 0.3) is 11.0 Å². The summed E-state index contributed by atoms with van der Waals surface area (Å²) in [5, 5.41) is 0.635. The summed E-state index contributed by atoms with van der Waals surface area (Å²) in [5.41, 5.74) is 0.141. The van der Waals surface area contributed by atoms with E-state index in [1.54, 1.807) is 37.3 Å². The Kier molecular flexibility index (Phi) is 3.37. The topological polar surface area (TPSA) is 78.9 Å². The molecule has 0 spiro atoms. The van der Waals surface area contributed by atoms with E-state index >= 15 is 0 Å². The Hall–Kier alpha value is -3.02. The number of esters is 1. The fourth-order valence-corrected chi connectivity index (χ4v) is 3.05. The van der Waals surface area contributed by atoms with Gasteiger partial charge in [0, 0.05) is 0 Å². The van der Waals surface area contributed by atoms with Gasteiger partial charge in [0.25, 0.3) is 0 Å². The molecule has 0 radical (unpaired) electrons. The van der Waals surface area contributed by atoms with Gasteiger partial charge in [-0.15, -0.1) is 0 Å². The van der Waals surface area contributed by atoms with E-state index in [9.17, 15) is 9.59 Å². The average Bonchev–Trinajstić information content (AvgIpc) is 3.22. The molecule has 122 valence electrons. The quantitative estimate of drug-likeness (QED) is 0.544. The maximum atomic E-state index is 12.5. The highest BCUT2D eigenvalue weighted by molar-refractivity contribution is 5.88. The third-order valence-corrected chi connectivity index (χ3v) is 4.03. The highest BCUT2D eigenvalue weighted by atomic mass is 16.6. The van der Waals surface area contributed by atoms with Crippen molar-refractivity contribution in [3.05, 3.63) is 64.4 Å². The lowest BCUT2D eigenvalue weighted by Gasteiger charge is -2.15. The molecule has 2 atom stereocenters. The monoisotopic (exact) mass is 326 g/mol. The molecule has 3 aromatic rings. The zero-order valence-corrected chi connectivity index (χ0v) is 12.9. The number of rotatable bonds is 3. The Labute approximate surface area is 136 Å². The first-order valence-electron chi connectivity index (χ1n) is 7.63. The van der Waals surface area contributed by atoms with Crippen molar-refractivity contribution in [3.8, 4) is 5.75 Å². The molecule has 0 amide bonds. The SMILES string of the molecule is CCOC(=O)[C@H]1Oc2c(c(=O)oc3ccccc23)[C@H]1c1ccco1. The van der Waals surface area contributed by atoms with Crippen LogP contribution in [0.2, 0.25) is 0 Å². The van der Waals surface area contributed by atoms with E-state index in [1.165, 1.54) is 6.26 Å². The van der Waals surface area contributed by atoms with Crippen molar-refractivity contribution >= 4 is 16.9 Å². The maximum Gasteiger partial charge on any atom is 0.348 e. The van der Waals surface area contributed by atoms with E-state index in [0.29, 0.717) is 22.5 Å². The normalized spacial score (nSPS) is 19.0. The van der Waals surface area contributed by atoms with Gasteiger partial charge in [-0.1, -0.05) is 12.1 Å². The van der Waals surface area contributed by atoms with E-state index in [-0.39, 0.29) is 12.2 Å². The number of carbonyl (C=O) groups excluding carboxylic acids is 1. The van der Waals surface area contributed by atoms with Crippen molar-refractivity contribution in [2.24, 2.45) is 0 Å². The van der Waals surface area contributed by atoms with Crippen LogP contribution in [0.4, 0.5) is 0 Å². The molecule has 4 rings (SSSR count). The smallest absolute Gasteiger partial charge is 0.348 e. The number of hydrogen-bond donors (Lipinski definition) is 0. The molecule has 0 saturated heterocycles. The molecule has 0 bridgehead atoms. The minimum absolute atomic E-state index is 0.218. The van der Waals surface area contributed by atoms with Gasteiger partial charge in [0.05, 0.1) is 23.8 Å². The number of furan rings is 1. The molecule has 3 heterocycles. The van der Waals surface area contributed by atoms with E-state index < -0.39 is 23.6 Å². The largest absolute Gasteiger partial charge is 0.476 e. The van der Waals surface area contributed by atoms with Gasteiger partial charge in [0.2, 0.25) is 6.10 Å². The standard InChI is InChI=1S/C18H14O6/c1-2-21-18(20)16-13(12-8-5-9-22-12)14-15(24-16)10-6-3-4-7-11(10)23-17(14)19/h3-9,13,16H,2H2,1H3/t13-,16+/m1/s1. The van der Waals surface area contributed by atoms with Gasteiger partial charge in [-0.2, -0.15) is 0 Å². The van der Waals surface area contributed by atoms with Gasteiger partial charge in [0.15, 0.2) is 0 Å². The van der Waals surface area contributed by atoms with Crippen molar-refractivity contribution in [1.29, 1.82) is 0 Å². The predicted octanol–water partition coefficient (Wildman–Crippen LogP) is 2.84. The summed E-state index contributed by atoms with van der Waals surface area (Å²) >= 11 is 0. The third-order valence-electron chi connectivity index (χ3n) is 4.03. The Bertz CT molecular complexity index is 953. The molecule has 1 aliphatic heterocycles. The highest BCUT2D eigenvalue weighted by Gasteiger charge is 2.46. The minimum atomic E-state index is -0.986. The molecule has 24 heavy (non-hydrogen) atoms. The van der Waals surface area contributed by atoms with Crippen LogP contribution < -0.4 is 10.4 Å².